The van der Waals surface area contributed by atoms with Gasteiger partial charge in [0.2, 0.25) is 5.66 Å². The predicted molar refractivity (Wildman–Crippen MR) is 81.3 cm³/mol. The second-order valence-corrected chi connectivity index (χ2v) is 5.52. The molecule has 0 bridgehead atoms. The number of para-hydroxylation sites is 2. The minimum Gasteiger partial charge on any atom is -0.397 e. The van der Waals surface area contributed by atoms with Crippen molar-refractivity contribution in [3.63, 3.8) is 0 Å². The number of imidazole rings is 1. The van der Waals surface area contributed by atoms with E-state index in [2.05, 4.69) is 4.98 Å². The summed E-state index contributed by atoms with van der Waals surface area (Å²) in [6, 6.07) is 11.7. The van der Waals surface area contributed by atoms with Gasteiger partial charge < -0.3 is 10.7 Å². The number of H-pyrrole nitrogens is 1. The first-order chi connectivity index (χ1) is 10.1. The number of aromatic nitrogens is 2. The van der Waals surface area contributed by atoms with Crippen LogP contribution in [0.1, 0.15) is 18.3 Å². The maximum atomic E-state index is 5.99. The van der Waals surface area contributed by atoms with Crippen molar-refractivity contribution in [3.8, 4) is 0 Å². The van der Waals surface area contributed by atoms with Crippen LogP contribution in [0.25, 0.3) is 11.0 Å². The van der Waals surface area contributed by atoms with Gasteiger partial charge in [0.15, 0.2) is 5.82 Å². The lowest BCUT2D eigenvalue weighted by atomic mass is 10.2. The highest BCUT2D eigenvalue weighted by atomic mass is 15.2. The van der Waals surface area contributed by atoms with Gasteiger partial charge in [-0.2, -0.15) is 0 Å². The number of anilines is 1. The van der Waals surface area contributed by atoms with Crippen LogP contribution >= 0.6 is 0 Å². The summed E-state index contributed by atoms with van der Waals surface area (Å²) in [5.41, 5.74) is 8.98. The van der Waals surface area contributed by atoms with Crippen LogP contribution < -0.4 is 16.4 Å². The van der Waals surface area contributed by atoms with E-state index in [0.29, 0.717) is 5.69 Å². The van der Waals surface area contributed by atoms with Crippen LogP contribution in [0.5, 0.6) is 0 Å². The van der Waals surface area contributed by atoms with E-state index < -0.39 is 5.66 Å². The van der Waals surface area contributed by atoms with Gasteiger partial charge in [-0.15, -0.1) is 0 Å². The quantitative estimate of drug-likeness (QED) is 0.662. The smallest absolute Gasteiger partial charge is 0.206 e. The lowest BCUT2D eigenvalue weighted by Crippen LogP contribution is -2.24. The number of fused-ring (bicyclic) bond motifs is 2. The van der Waals surface area contributed by atoms with E-state index in [4.69, 9.17) is 20.7 Å². The largest absolute Gasteiger partial charge is 0.397 e. The first kappa shape index (κ1) is 12.1. The summed E-state index contributed by atoms with van der Waals surface area (Å²) in [6.07, 6.45) is 0. The molecule has 0 radical (unpaired) electrons. The molecule has 3 N–H and O–H groups in total. The first-order valence-electron chi connectivity index (χ1n) is 6.87. The van der Waals surface area contributed by atoms with Crippen LogP contribution in [0.4, 0.5) is 5.69 Å². The zero-order valence-electron chi connectivity index (χ0n) is 11.9. The van der Waals surface area contributed by atoms with E-state index in [1.165, 1.54) is 0 Å². The SMILES string of the molecule is Cc1cccc2[nH]c(C3(C)N=c4cccc(N)c4=N3)nc12. The predicted octanol–water partition coefficient (Wildman–Crippen LogP) is 1.58. The average Bonchev–Trinajstić information content (AvgIpc) is 3.02. The van der Waals surface area contributed by atoms with Gasteiger partial charge in [0.25, 0.3) is 0 Å². The molecule has 4 rings (SSSR count). The molecule has 0 amide bonds. The number of nitrogens with two attached hydrogens (primary N) is 1. The third-order valence-electron chi connectivity index (χ3n) is 3.88. The second kappa shape index (κ2) is 3.91. The number of benzene rings is 2. The third-order valence-corrected chi connectivity index (χ3v) is 3.88. The van der Waals surface area contributed by atoms with Gasteiger partial charge in [0.05, 0.1) is 22.1 Å². The highest BCUT2D eigenvalue weighted by molar-refractivity contribution is 5.78. The fourth-order valence-corrected chi connectivity index (χ4v) is 2.74. The maximum absolute atomic E-state index is 5.99. The molecule has 2 aromatic carbocycles. The van der Waals surface area contributed by atoms with Gasteiger partial charge in [-0.05, 0) is 37.6 Å². The minimum atomic E-state index is -0.747. The Labute approximate surface area is 121 Å². The van der Waals surface area contributed by atoms with Crippen molar-refractivity contribution >= 4 is 16.7 Å². The molecule has 1 aliphatic heterocycles. The molecule has 1 aliphatic rings. The average molecular weight is 277 g/mol. The van der Waals surface area contributed by atoms with Crippen LogP contribution in [0.15, 0.2) is 46.4 Å². The number of nitrogens with zero attached hydrogens (tertiary/aromatic N) is 3. The van der Waals surface area contributed by atoms with Gasteiger partial charge in [-0.25, -0.2) is 15.0 Å². The van der Waals surface area contributed by atoms with Crippen molar-refractivity contribution in [2.24, 2.45) is 9.98 Å². The number of rotatable bonds is 1. The summed E-state index contributed by atoms with van der Waals surface area (Å²) < 4.78 is 0. The molecular formula is C16H15N5. The highest BCUT2D eigenvalue weighted by Gasteiger charge is 2.31. The molecule has 0 saturated heterocycles. The fraction of sp³-hybridized carbons (Fsp3) is 0.188. The Hall–Kier alpha value is -2.69. The van der Waals surface area contributed by atoms with Gasteiger partial charge in [0, 0.05) is 0 Å². The molecule has 1 atom stereocenters. The molecule has 1 unspecified atom stereocenters. The summed E-state index contributed by atoms with van der Waals surface area (Å²) in [5, 5.41) is 1.56. The highest BCUT2D eigenvalue weighted by Crippen LogP contribution is 2.28. The summed E-state index contributed by atoms with van der Waals surface area (Å²) in [6.45, 7) is 3.99. The van der Waals surface area contributed by atoms with Crippen molar-refractivity contribution in [1.82, 2.24) is 9.97 Å². The number of hydrogen-bond donors (Lipinski definition) is 2. The lowest BCUT2D eigenvalue weighted by molar-refractivity contribution is 0.494. The molecule has 1 aromatic heterocycles. The van der Waals surface area contributed by atoms with Crippen LogP contribution in [-0.2, 0) is 5.66 Å². The Morgan fingerprint density at radius 2 is 1.90 bits per heavy atom. The topological polar surface area (TPSA) is 79.4 Å². The Morgan fingerprint density at radius 1 is 1.10 bits per heavy atom. The van der Waals surface area contributed by atoms with Crippen LogP contribution in [0.2, 0.25) is 0 Å². The molecule has 2 heterocycles. The van der Waals surface area contributed by atoms with Crippen LogP contribution in [0.3, 0.4) is 0 Å². The lowest BCUT2D eigenvalue weighted by Gasteiger charge is -2.13. The summed E-state index contributed by atoms with van der Waals surface area (Å²) in [5.74, 6) is 0.738. The van der Waals surface area contributed by atoms with Gasteiger partial charge in [-0.1, -0.05) is 18.2 Å². The molecule has 0 fully saturated rings. The van der Waals surface area contributed by atoms with E-state index in [9.17, 15) is 0 Å². The molecule has 3 aromatic rings. The zero-order valence-corrected chi connectivity index (χ0v) is 11.9. The monoisotopic (exact) mass is 277 g/mol. The number of hydrogen-bond acceptors (Lipinski definition) is 4. The van der Waals surface area contributed by atoms with E-state index in [0.717, 1.165) is 33.1 Å². The Balaban J connectivity index is 1.97. The fourth-order valence-electron chi connectivity index (χ4n) is 2.74. The van der Waals surface area contributed by atoms with Gasteiger partial charge >= 0.3 is 0 Å². The Bertz CT molecular complexity index is 986. The Kier molecular flexibility index (Phi) is 2.25. The molecular weight excluding hydrogens is 262 g/mol. The van der Waals surface area contributed by atoms with E-state index in [1.54, 1.807) is 0 Å². The summed E-state index contributed by atoms with van der Waals surface area (Å²) in [7, 11) is 0. The van der Waals surface area contributed by atoms with Crippen molar-refractivity contribution in [1.29, 1.82) is 0 Å². The zero-order chi connectivity index (χ0) is 14.6. The van der Waals surface area contributed by atoms with E-state index >= 15 is 0 Å². The van der Waals surface area contributed by atoms with Crippen molar-refractivity contribution in [2.75, 3.05) is 5.73 Å². The standard InChI is InChI=1S/C16H15N5/c1-9-5-3-7-11-13(9)19-15(18-11)16(2)20-12-8-4-6-10(17)14(12)21-16/h3-8H,17H2,1-2H3,(H,18,19). The van der Waals surface area contributed by atoms with Gasteiger partial charge in [0.1, 0.15) is 5.36 Å². The van der Waals surface area contributed by atoms with Crippen LogP contribution in [-0.4, -0.2) is 9.97 Å². The maximum Gasteiger partial charge on any atom is 0.206 e. The normalized spacial score (nSPS) is 20.1. The molecule has 21 heavy (non-hydrogen) atoms. The van der Waals surface area contributed by atoms with E-state index in [1.807, 2.05) is 50.2 Å². The number of aromatic amines is 1. The number of nitrogen functional groups attached to an aromatic ring is 1. The Morgan fingerprint density at radius 3 is 2.67 bits per heavy atom. The summed E-state index contributed by atoms with van der Waals surface area (Å²) >= 11 is 0. The molecule has 0 saturated carbocycles. The number of aryl methyl sites for hydroxylation is 1. The van der Waals surface area contributed by atoms with Crippen molar-refractivity contribution < 1.29 is 0 Å². The first-order valence-corrected chi connectivity index (χ1v) is 6.87. The summed E-state index contributed by atoms with van der Waals surface area (Å²) in [4.78, 5) is 17.4. The molecule has 5 heteroatoms. The third kappa shape index (κ3) is 1.67. The van der Waals surface area contributed by atoms with Crippen molar-refractivity contribution in [3.05, 3.63) is 58.5 Å². The number of nitrogens with one attached hydrogen (secondary N) is 1. The minimum absolute atomic E-state index is 0.646. The van der Waals surface area contributed by atoms with Crippen LogP contribution in [0, 0.1) is 6.92 Å². The molecule has 0 spiro atoms. The van der Waals surface area contributed by atoms with E-state index in [-0.39, 0.29) is 0 Å². The molecule has 104 valence electrons. The second-order valence-electron chi connectivity index (χ2n) is 5.52. The molecule has 5 nitrogen and oxygen atoms in total. The van der Waals surface area contributed by atoms with Crippen molar-refractivity contribution in [2.45, 2.75) is 19.5 Å². The molecule has 0 aliphatic carbocycles. The van der Waals surface area contributed by atoms with Gasteiger partial charge in [-0.3, -0.25) is 0 Å².